The smallest absolute Gasteiger partial charge is 0.309 e. The molecule has 9 aromatic carbocycles. The Balaban J connectivity index is 1.23. The second-order valence-corrected chi connectivity index (χ2v) is 17.0. The molecule has 0 saturated carbocycles. The van der Waals surface area contributed by atoms with E-state index in [4.69, 9.17) is 9.97 Å². The largest absolute Gasteiger partial charge is 0.416 e. The van der Waals surface area contributed by atoms with Gasteiger partial charge in [-0.25, -0.2) is 9.97 Å². The topological polar surface area (TPSA) is 35.6 Å². The van der Waals surface area contributed by atoms with Crippen molar-refractivity contribution in [3.8, 4) is 67.5 Å². The van der Waals surface area contributed by atoms with E-state index < -0.39 is 11.7 Å². The molecule has 12 aromatic rings. The fourth-order valence-corrected chi connectivity index (χ4v) is 9.70. The number of hydrogen-bond acceptors (Lipinski definition) is 2. The van der Waals surface area contributed by atoms with Crippen molar-refractivity contribution in [2.24, 2.45) is 0 Å². The molecule has 0 fully saturated rings. The maximum atomic E-state index is 14.3. The van der Waals surface area contributed by atoms with Crippen LogP contribution in [-0.2, 0) is 6.18 Å². The molecule has 0 atom stereocenters. The molecule has 3 aromatic heterocycles. The lowest BCUT2D eigenvalue weighted by Crippen LogP contribution is -2.05. The van der Waals surface area contributed by atoms with Gasteiger partial charge in [0.1, 0.15) is 0 Å². The van der Waals surface area contributed by atoms with Gasteiger partial charge in [-0.05, 0) is 78.7 Å². The first-order chi connectivity index (χ1) is 32.8. The molecular formula is C60H39F3N4. The van der Waals surface area contributed by atoms with E-state index in [1.165, 1.54) is 12.1 Å². The number of aromatic nitrogens is 4. The first kappa shape index (κ1) is 40.0. The average molecular weight is 873 g/mol. The van der Waals surface area contributed by atoms with Crippen LogP contribution in [0.5, 0.6) is 0 Å². The Morgan fingerprint density at radius 1 is 0.403 bits per heavy atom. The molecule has 0 aliphatic carbocycles. The highest BCUT2D eigenvalue weighted by molar-refractivity contribution is 6.26. The maximum Gasteiger partial charge on any atom is 0.416 e. The summed E-state index contributed by atoms with van der Waals surface area (Å²) < 4.78 is 47.5. The second-order valence-electron chi connectivity index (χ2n) is 17.0. The van der Waals surface area contributed by atoms with Gasteiger partial charge in [-0.15, -0.1) is 0 Å². The number of hydrogen-bond donors (Lipinski definition) is 0. The summed E-state index contributed by atoms with van der Waals surface area (Å²) in [6.45, 7) is 2.07. The predicted molar refractivity (Wildman–Crippen MR) is 268 cm³/mol. The first-order valence-electron chi connectivity index (χ1n) is 22.2. The summed E-state index contributed by atoms with van der Waals surface area (Å²) in [5, 5.41) is 4.39. The third-order valence-electron chi connectivity index (χ3n) is 12.8. The molecule has 0 saturated heterocycles. The highest BCUT2D eigenvalue weighted by Crippen LogP contribution is 2.47. The minimum atomic E-state index is -4.51. The lowest BCUT2D eigenvalue weighted by atomic mass is 9.91. The zero-order chi connectivity index (χ0) is 45.2. The van der Waals surface area contributed by atoms with Crippen molar-refractivity contribution >= 4 is 43.6 Å². The van der Waals surface area contributed by atoms with Crippen molar-refractivity contribution in [2.45, 2.75) is 13.1 Å². The van der Waals surface area contributed by atoms with Gasteiger partial charge in [0.25, 0.3) is 0 Å². The molecule has 3 heterocycles. The molecule has 0 radical (unpaired) electrons. The fourth-order valence-electron chi connectivity index (χ4n) is 9.70. The second kappa shape index (κ2) is 15.9. The van der Waals surface area contributed by atoms with Gasteiger partial charge >= 0.3 is 6.18 Å². The molecule has 4 nitrogen and oxygen atoms in total. The van der Waals surface area contributed by atoms with Crippen LogP contribution in [0.3, 0.4) is 0 Å². The van der Waals surface area contributed by atoms with Gasteiger partial charge in [0.05, 0.1) is 44.7 Å². The molecule has 0 amide bonds. The van der Waals surface area contributed by atoms with E-state index in [9.17, 15) is 13.2 Å². The summed E-state index contributed by atoms with van der Waals surface area (Å²) in [5.41, 5.74) is 13.6. The number of benzene rings is 9. The zero-order valence-electron chi connectivity index (χ0n) is 36.2. The van der Waals surface area contributed by atoms with Crippen molar-refractivity contribution in [1.82, 2.24) is 19.1 Å². The number of fused-ring (bicyclic) bond motifs is 7. The van der Waals surface area contributed by atoms with Crippen LogP contribution in [-0.4, -0.2) is 19.1 Å². The third-order valence-corrected chi connectivity index (χ3v) is 12.8. The zero-order valence-corrected chi connectivity index (χ0v) is 36.2. The molecule has 0 bridgehead atoms. The molecule has 0 aliphatic rings. The Morgan fingerprint density at radius 3 is 1.55 bits per heavy atom. The van der Waals surface area contributed by atoms with Crippen LogP contribution >= 0.6 is 0 Å². The minimum absolute atomic E-state index is 0.564. The van der Waals surface area contributed by atoms with Gasteiger partial charge in [0, 0.05) is 55.0 Å². The third kappa shape index (κ3) is 6.86. The molecule has 12 rings (SSSR count). The van der Waals surface area contributed by atoms with E-state index in [-0.39, 0.29) is 0 Å². The summed E-state index contributed by atoms with van der Waals surface area (Å²) in [4.78, 5) is 10.3. The van der Waals surface area contributed by atoms with Crippen LogP contribution in [0.25, 0.3) is 111 Å². The number of nitrogens with zero attached hydrogens (tertiary/aromatic N) is 4. The van der Waals surface area contributed by atoms with E-state index in [1.807, 2.05) is 72.8 Å². The maximum absolute atomic E-state index is 14.3. The molecule has 7 heteroatoms. The number of alkyl halides is 3. The average Bonchev–Trinajstić information content (AvgIpc) is 3.89. The summed E-state index contributed by atoms with van der Waals surface area (Å²) in [6, 6.07) is 72.0. The predicted octanol–water partition coefficient (Wildman–Crippen LogP) is 16.3. The van der Waals surface area contributed by atoms with Crippen molar-refractivity contribution < 1.29 is 13.2 Å². The number of halogens is 3. The van der Waals surface area contributed by atoms with E-state index in [0.717, 1.165) is 99.6 Å². The molecule has 0 unspecified atom stereocenters. The molecular weight excluding hydrogens is 834 g/mol. The van der Waals surface area contributed by atoms with E-state index in [2.05, 4.69) is 137 Å². The van der Waals surface area contributed by atoms with E-state index in [0.29, 0.717) is 17.1 Å². The van der Waals surface area contributed by atoms with Crippen molar-refractivity contribution in [2.75, 3.05) is 0 Å². The lowest BCUT2D eigenvalue weighted by Gasteiger charge is -2.22. The van der Waals surface area contributed by atoms with Crippen LogP contribution in [0.1, 0.15) is 11.1 Å². The summed E-state index contributed by atoms with van der Waals surface area (Å²) in [6.07, 6.45) is -4.51. The highest BCUT2D eigenvalue weighted by Gasteiger charge is 2.31. The first-order valence-corrected chi connectivity index (χ1v) is 22.2. The Bertz CT molecular complexity index is 3760. The van der Waals surface area contributed by atoms with Crippen molar-refractivity contribution in [1.29, 1.82) is 0 Å². The van der Waals surface area contributed by atoms with Crippen LogP contribution < -0.4 is 0 Å². The fraction of sp³-hybridized carbons (Fsp3) is 0.0333. The Labute approximate surface area is 384 Å². The Morgan fingerprint density at radius 2 is 0.925 bits per heavy atom. The molecule has 320 valence electrons. The number of rotatable bonds is 7. The van der Waals surface area contributed by atoms with Crippen LogP contribution in [0.15, 0.2) is 218 Å². The van der Waals surface area contributed by atoms with Crippen molar-refractivity contribution in [3.05, 3.63) is 230 Å². The monoisotopic (exact) mass is 872 g/mol. The summed E-state index contributed by atoms with van der Waals surface area (Å²) in [7, 11) is 0. The van der Waals surface area contributed by atoms with E-state index >= 15 is 0 Å². The molecule has 0 spiro atoms. The van der Waals surface area contributed by atoms with Gasteiger partial charge in [0.2, 0.25) is 0 Å². The SMILES string of the molecule is Cc1ccc(-c2cc(-c3cc(-c4ccccc4)nc(-c4ccccc4)n3)cc(-c3ccc(C(F)(F)F)cc3)c2-n2c3ccccc3c3c2ccc2c4ccccc4n(-c4ccccc4)c23)cc1. The van der Waals surface area contributed by atoms with Gasteiger partial charge in [-0.3, -0.25) is 0 Å². The molecule has 67 heavy (non-hydrogen) atoms. The minimum Gasteiger partial charge on any atom is -0.309 e. The standard InChI is InChI=1S/C60H39F3N4/c1-38-25-27-39(28-26-38)49-35-43(52-37-51(41-15-5-2-6-16-41)64-59(65-52)42-17-7-3-8-18-42)36-50(40-29-31-44(32-30-40)60(61,62)63)57(49)67-54-24-14-12-22-48(54)56-55(67)34-33-47-46-21-11-13-23-53(46)66(58(47)56)45-19-9-4-10-20-45/h2-37H,1H3. The number of para-hydroxylation sites is 3. The quantitative estimate of drug-likeness (QED) is 0.160. The van der Waals surface area contributed by atoms with Crippen molar-refractivity contribution in [3.63, 3.8) is 0 Å². The van der Waals surface area contributed by atoms with Crippen LogP contribution in [0, 0.1) is 6.92 Å². The lowest BCUT2D eigenvalue weighted by molar-refractivity contribution is -0.137. The van der Waals surface area contributed by atoms with Gasteiger partial charge in [0.15, 0.2) is 5.82 Å². The molecule has 0 N–H and O–H groups in total. The Hall–Kier alpha value is -8.55. The van der Waals surface area contributed by atoms with Gasteiger partial charge in [-0.1, -0.05) is 163 Å². The van der Waals surface area contributed by atoms with Crippen LogP contribution in [0.2, 0.25) is 0 Å². The van der Waals surface area contributed by atoms with Gasteiger partial charge < -0.3 is 9.13 Å². The van der Waals surface area contributed by atoms with E-state index in [1.54, 1.807) is 12.1 Å². The highest BCUT2D eigenvalue weighted by atomic mass is 19.4. The molecule has 0 aliphatic heterocycles. The normalized spacial score (nSPS) is 11.9. The summed E-state index contributed by atoms with van der Waals surface area (Å²) in [5.74, 6) is 0.564. The van der Waals surface area contributed by atoms with Gasteiger partial charge in [-0.2, -0.15) is 13.2 Å². The van der Waals surface area contributed by atoms with Crippen LogP contribution in [0.4, 0.5) is 13.2 Å². The summed E-state index contributed by atoms with van der Waals surface area (Å²) >= 11 is 0. The Kier molecular flexibility index (Phi) is 9.47. The number of aryl methyl sites for hydroxylation is 1.